The van der Waals surface area contributed by atoms with Crippen LogP contribution in [0.1, 0.15) is 75.7 Å². The fraction of sp³-hybridized carbons (Fsp3) is 0.419. The molecule has 0 bridgehead atoms. The molecule has 1 saturated carbocycles. The van der Waals surface area contributed by atoms with Crippen molar-refractivity contribution in [3.8, 4) is 5.69 Å². The van der Waals surface area contributed by atoms with E-state index in [2.05, 4.69) is 23.4 Å². The Labute approximate surface area is 228 Å². The number of carbonyl (C=O) groups excluding carboxylic acids is 1. The Balaban J connectivity index is 1.42. The topological polar surface area (TPSA) is 67.2 Å². The average molecular weight is 536 g/mol. The Morgan fingerprint density at radius 2 is 1.89 bits per heavy atom. The lowest BCUT2D eigenvalue weighted by Crippen LogP contribution is -2.47. The van der Waals surface area contributed by atoms with Gasteiger partial charge in [-0.1, -0.05) is 50.1 Å². The fourth-order valence-corrected chi connectivity index (χ4v) is 6.35. The first-order valence-corrected chi connectivity index (χ1v) is 13.9. The molecule has 1 amide bonds. The summed E-state index contributed by atoms with van der Waals surface area (Å²) < 4.78 is 15.4. The monoisotopic (exact) mass is 535 g/mol. The zero-order valence-corrected chi connectivity index (χ0v) is 22.9. The van der Waals surface area contributed by atoms with Gasteiger partial charge in [-0.2, -0.15) is 5.10 Å². The lowest BCUT2D eigenvalue weighted by atomic mass is 9.68. The molecular weight excluding hydrogens is 501 g/mol. The number of aromatic nitrogens is 2. The summed E-state index contributed by atoms with van der Waals surface area (Å²) in [5, 5.41) is 19.4. The van der Waals surface area contributed by atoms with E-state index in [-0.39, 0.29) is 23.2 Å². The Kier molecular flexibility index (Phi) is 7.23. The van der Waals surface area contributed by atoms with Crippen LogP contribution >= 0.6 is 11.6 Å². The number of hydrogen-bond donors (Lipinski definition) is 2. The Morgan fingerprint density at radius 1 is 1.21 bits per heavy atom. The van der Waals surface area contributed by atoms with Crippen molar-refractivity contribution in [1.29, 1.82) is 0 Å². The summed E-state index contributed by atoms with van der Waals surface area (Å²) in [5.41, 5.74) is 3.99. The maximum atomic E-state index is 13.5. The summed E-state index contributed by atoms with van der Waals surface area (Å²) in [4.78, 5) is 13.2. The number of nitrogens with zero attached hydrogens (tertiary/aromatic N) is 2. The number of fused-ring (bicyclic) bond motifs is 2. The van der Waals surface area contributed by atoms with Gasteiger partial charge in [0, 0.05) is 5.02 Å². The molecule has 38 heavy (non-hydrogen) atoms. The second-order valence-corrected chi connectivity index (χ2v) is 11.4. The molecule has 200 valence electrons. The third kappa shape index (κ3) is 4.80. The van der Waals surface area contributed by atoms with Gasteiger partial charge in [-0.25, -0.2) is 9.07 Å². The molecule has 3 unspecified atom stereocenters. The zero-order valence-electron chi connectivity index (χ0n) is 22.2. The van der Waals surface area contributed by atoms with Crippen LogP contribution in [0.15, 0.2) is 60.3 Å². The summed E-state index contributed by atoms with van der Waals surface area (Å²) in [6.45, 7) is 5.99. The number of nitrogens with one attached hydrogen (secondary N) is 1. The van der Waals surface area contributed by atoms with Gasteiger partial charge in [-0.05, 0) is 103 Å². The van der Waals surface area contributed by atoms with Crippen LogP contribution in [0.25, 0.3) is 11.8 Å². The first kappa shape index (κ1) is 26.6. The minimum Gasteiger partial charge on any atom is -0.380 e. The lowest BCUT2D eigenvalue weighted by Gasteiger charge is -2.38. The van der Waals surface area contributed by atoms with Gasteiger partial charge in [0.1, 0.15) is 11.4 Å². The molecule has 2 aromatic carbocycles. The number of hydrogen-bond acceptors (Lipinski definition) is 3. The van der Waals surface area contributed by atoms with Crippen molar-refractivity contribution < 1.29 is 14.3 Å². The largest absolute Gasteiger partial charge is 0.380 e. The summed E-state index contributed by atoms with van der Waals surface area (Å²) in [6, 6.07) is 13.8. The quantitative estimate of drug-likeness (QED) is 0.332. The molecule has 5 rings (SSSR count). The van der Waals surface area contributed by atoms with Gasteiger partial charge in [-0.15, -0.1) is 0 Å². The van der Waals surface area contributed by atoms with Crippen LogP contribution in [0.5, 0.6) is 0 Å². The van der Waals surface area contributed by atoms with Crippen molar-refractivity contribution in [1.82, 2.24) is 15.1 Å². The van der Waals surface area contributed by atoms with Gasteiger partial charge in [0.2, 0.25) is 0 Å². The second kappa shape index (κ2) is 10.3. The maximum Gasteiger partial charge on any atom is 0.252 e. The summed E-state index contributed by atoms with van der Waals surface area (Å²) >= 11 is 6.16. The molecule has 0 radical (unpaired) electrons. The number of benzene rings is 2. The first-order valence-electron chi connectivity index (χ1n) is 13.5. The maximum absolute atomic E-state index is 13.5. The van der Waals surface area contributed by atoms with E-state index in [1.807, 2.05) is 49.0 Å². The van der Waals surface area contributed by atoms with E-state index in [1.165, 1.54) is 23.3 Å². The Morgan fingerprint density at radius 3 is 2.55 bits per heavy atom. The number of halogens is 2. The van der Waals surface area contributed by atoms with Crippen LogP contribution in [0.3, 0.4) is 0 Å². The molecule has 0 aliphatic heterocycles. The van der Waals surface area contributed by atoms with Crippen molar-refractivity contribution >= 4 is 23.6 Å². The van der Waals surface area contributed by atoms with Gasteiger partial charge >= 0.3 is 0 Å². The van der Waals surface area contributed by atoms with Crippen molar-refractivity contribution in [3.63, 3.8) is 0 Å². The standard InChI is InChI=1S/C31H35ClFN3O2/c1-4-31(38,5-2)29(37)35-27(20-6-10-24(32)11-7-20)16-22-8-9-23-17-28-21(18-30(22,23)3)19-34-36(28)26-14-12-25(33)13-15-26/h6-7,10-15,17,19,22,27,38H,4-5,8-9,16,18H2,1-3H3,(H,35,37). The first-order chi connectivity index (χ1) is 18.2. The number of allylic oxidation sites excluding steroid dienone is 1. The van der Waals surface area contributed by atoms with Crippen molar-refractivity contribution in [2.75, 3.05) is 0 Å². The molecule has 3 atom stereocenters. The molecule has 3 aromatic rings. The molecule has 7 heteroatoms. The molecule has 1 aromatic heterocycles. The second-order valence-electron chi connectivity index (χ2n) is 11.0. The van der Waals surface area contributed by atoms with E-state index in [1.54, 1.807) is 12.1 Å². The number of aliphatic hydroxyl groups is 1. The summed E-state index contributed by atoms with van der Waals surface area (Å²) in [5.74, 6) is -0.265. The highest BCUT2D eigenvalue weighted by molar-refractivity contribution is 6.30. The van der Waals surface area contributed by atoms with E-state index < -0.39 is 5.60 Å². The van der Waals surface area contributed by atoms with Crippen LogP contribution in [0.4, 0.5) is 4.39 Å². The predicted octanol–water partition coefficient (Wildman–Crippen LogP) is 6.82. The lowest BCUT2D eigenvalue weighted by molar-refractivity contribution is -0.141. The van der Waals surface area contributed by atoms with Crippen LogP contribution in [0.2, 0.25) is 5.02 Å². The van der Waals surface area contributed by atoms with Crippen molar-refractivity contribution in [2.24, 2.45) is 11.3 Å². The van der Waals surface area contributed by atoms with Crippen LogP contribution in [-0.4, -0.2) is 26.4 Å². The molecule has 2 N–H and O–H groups in total. The van der Waals surface area contributed by atoms with Crippen LogP contribution in [-0.2, 0) is 11.2 Å². The highest BCUT2D eigenvalue weighted by Crippen LogP contribution is 2.55. The van der Waals surface area contributed by atoms with Crippen molar-refractivity contribution in [3.05, 3.63) is 88.0 Å². The number of rotatable bonds is 8. The summed E-state index contributed by atoms with van der Waals surface area (Å²) in [7, 11) is 0. The molecule has 2 aliphatic carbocycles. The molecule has 0 saturated heterocycles. The SMILES string of the molecule is CCC(O)(CC)C(=O)NC(CC1CCC2=Cc3c(cnn3-c3ccc(F)cc3)CC21C)c1ccc(Cl)cc1. The van der Waals surface area contributed by atoms with Crippen molar-refractivity contribution in [2.45, 2.75) is 70.9 Å². The Hall–Kier alpha value is -2.96. The molecular formula is C31H35ClFN3O2. The van der Waals surface area contributed by atoms with Crippen LogP contribution in [0, 0.1) is 17.2 Å². The van der Waals surface area contributed by atoms with E-state index in [4.69, 9.17) is 11.6 Å². The third-order valence-electron chi connectivity index (χ3n) is 8.91. The average Bonchev–Trinajstić information content (AvgIpc) is 3.46. The molecule has 1 heterocycles. The predicted molar refractivity (Wildman–Crippen MR) is 149 cm³/mol. The van der Waals surface area contributed by atoms with Gasteiger partial charge in [0.05, 0.1) is 23.6 Å². The summed E-state index contributed by atoms with van der Waals surface area (Å²) in [6.07, 6.45) is 8.51. The number of carbonyl (C=O) groups is 1. The highest BCUT2D eigenvalue weighted by atomic mass is 35.5. The highest BCUT2D eigenvalue weighted by Gasteiger charge is 2.46. The van der Waals surface area contributed by atoms with Gasteiger partial charge in [0.15, 0.2) is 0 Å². The van der Waals surface area contributed by atoms with E-state index in [0.29, 0.717) is 23.8 Å². The van der Waals surface area contributed by atoms with Gasteiger partial charge in [-0.3, -0.25) is 4.79 Å². The zero-order chi connectivity index (χ0) is 27.1. The molecule has 2 aliphatic rings. The molecule has 1 fully saturated rings. The van der Waals surface area contributed by atoms with Gasteiger partial charge in [0.25, 0.3) is 5.91 Å². The molecule has 0 spiro atoms. The minimum atomic E-state index is -1.38. The minimum absolute atomic E-state index is 0.0646. The third-order valence-corrected chi connectivity index (χ3v) is 9.17. The van der Waals surface area contributed by atoms with Crippen LogP contribution < -0.4 is 5.32 Å². The Bertz CT molecular complexity index is 1340. The van der Waals surface area contributed by atoms with E-state index in [9.17, 15) is 14.3 Å². The van der Waals surface area contributed by atoms with E-state index >= 15 is 0 Å². The molecule has 5 nitrogen and oxygen atoms in total. The number of amides is 1. The smallest absolute Gasteiger partial charge is 0.252 e. The van der Waals surface area contributed by atoms with Gasteiger partial charge < -0.3 is 10.4 Å². The van der Waals surface area contributed by atoms with E-state index in [0.717, 1.165) is 42.6 Å². The fourth-order valence-electron chi connectivity index (χ4n) is 6.22. The normalized spacial score (nSPS) is 21.4.